The number of hydrogen-bond donors (Lipinski definition) is 2. The number of sulfone groups is 1. The predicted molar refractivity (Wildman–Crippen MR) is 140 cm³/mol. The second kappa shape index (κ2) is 10.4. The Morgan fingerprint density at radius 2 is 1.81 bits per heavy atom. The van der Waals surface area contributed by atoms with Crippen molar-refractivity contribution in [2.24, 2.45) is 11.7 Å². The second-order valence-electron chi connectivity index (χ2n) is 9.27. The molecule has 0 spiro atoms. The molecule has 1 atom stereocenters. The van der Waals surface area contributed by atoms with Crippen LogP contribution >= 0.6 is 11.6 Å². The minimum Gasteiger partial charge on any atom is -0.434 e. The van der Waals surface area contributed by atoms with Gasteiger partial charge in [-0.25, -0.2) is 13.4 Å². The monoisotopic (exact) mass is 545 g/mol. The van der Waals surface area contributed by atoms with E-state index in [1.165, 1.54) is 6.07 Å². The van der Waals surface area contributed by atoms with Crippen molar-refractivity contribution in [3.63, 3.8) is 0 Å². The minimum absolute atomic E-state index is 0.0206. The summed E-state index contributed by atoms with van der Waals surface area (Å²) >= 11 is 6.55. The van der Waals surface area contributed by atoms with Crippen LogP contribution in [0, 0.1) is 5.92 Å². The normalized spacial score (nSPS) is 14.8. The standard InChI is InChI=1S/C27H26ClF2N3O3S/c28-22-14-24-23(13-21(22)20-3-1-2-4-25(20)36-27(29)30)32-26(33-24)19(11-12-31)17-7-9-18(10-8-17)37(34,35)15-16-5-6-16/h1-4,7-10,13-14,16,19,27H,5-6,11-12,15,31H2,(H,32,33)/t19-/m0/s1. The lowest BCUT2D eigenvalue weighted by Gasteiger charge is -2.15. The maximum atomic E-state index is 12.9. The van der Waals surface area contributed by atoms with E-state index in [9.17, 15) is 17.2 Å². The van der Waals surface area contributed by atoms with Crippen LogP contribution in [0.3, 0.4) is 0 Å². The number of hydrogen-bond acceptors (Lipinski definition) is 5. The summed E-state index contributed by atoms with van der Waals surface area (Å²) in [4.78, 5) is 8.39. The van der Waals surface area contributed by atoms with Crippen LogP contribution < -0.4 is 10.5 Å². The number of nitrogens with two attached hydrogens (primary N) is 1. The lowest BCUT2D eigenvalue weighted by atomic mass is 9.95. The molecule has 4 aromatic rings. The molecular weight excluding hydrogens is 520 g/mol. The van der Waals surface area contributed by atoms with E-state index in [1.54, 1.807) is 42.5 Å². The Morgan fingerprint density at radius 1 is 1.08 bits per heavy atom. The largest absolute Gasteiger partial charge is 0.434 e. The fraction of sp³-hybridized carbons (Fsp3) is 0.296. The van der Waals surface area contributed by atoms with Crippen LogP contribution in [0.2, 0.25) is 5.02 Å². The van der Waals surface area contributed by atoms with Gasteiger partial charge in [0.15, 0.2) is 9.84 Å². The number of aromatic nitrogens is 2. The van der Waals surface area contributed by atoms with Gasteiger partial charge in [0.25, 0.3) is 0 Å². The molecule has 0 amide bonds. The molecule has 1 aliphatic rings. The van der Waals surface area contributed by atoms with Gasteiger partial charge in [0.2, 0.25) is 0 Å². The molecule has 1 aliphatic carbocycles. The van der Waals surface area contributed by atoms with Crippen molar-refractivity contribution in [1.29, 1.82) is 0 Å². The number of nitrogens with one attached hydrogen (secondary N) is 1. The van der Waals surface area contributed by atoms with E-state index in [4.69, 9.17) is 22.3 Å². The number of fused-ring (bicyclic) bond motifs is 1. The van der Waals surface area contributed by atoms with Gasteiger partial charge >= 0.3 is 6.61 Å². The van der Waals surface area contributed by atoms with E-state index in [-0.39, 0.29) is 23.3 Å². The number of H-pyrrole nitrogens is 1. The number of ether oxygens (including phenoxy) is 1. The van der Waals surface area contributed by atoms with Gasteiger partial charge in [0, 0.05) is 17.0 Å². The van der Waals surface area contributed by atoms with E-state index in [0.29, 0.717) is 50.9 Å². The number of benzene rings is 3. The Kier molecular flexibility index (Phi) is 7.20. The number of nitrogens with zero attached hydrogens (tertiary/aromatic N) is 1. The number of imidazole rings is 1. The molecular formula is C27H26ClF2N3O3S. The topological polar surface area (TPSA) is 98.1 Å². The SMILES string of the molecule is NCC[C@@H](c1ccc(S(=O)(=O)CC2CC2)cc1)c1nc2cc(-c3ccccc3OC(F)F)c(Cl)cc2[nH]1. The van der Waals surface area contributed by atoms with Crippen LogP contribution in [0.5, 0.6) is 5.75 Å². The van der Waals surface area contributed by atoms with Gasteiger partial charge in [-0.2, -0.15) is 8.78 Å². The molecule has 194 valence electrons. The van der Waals surface area contributed by atoms with Gasteiger partial charge in [0.05, 0.1) is 26.7 Å². The maximum absolute atomic E-state index is 12.9. The average molecular weight is 546 g/mol. The zero-order chi connectivity index (χ0) is 26.2. The third kappa shape index (κ3) is 5.63. The highest BCUT2D eigenvalue weighted by atomic mass is 35.5. The van der Waals surface area contributed by atoms with Gasteiger partial charge < -0.3 is 15.5 Å². The molecule has 37 heavy (non-hydrogen) atoms. The summed E-state index contributed by atoms with van der Waals surface area (Å²) in [6, 6.07) is 16.8. The zero-order valence-corrected chi connectivity index (χ0v) is 21.4. The molecule has 0 saturated heterocycles. The molecule has 1 saturated carbocycles. The van der Waals surface area contributed by atoms with E-state index < -0.39 is 16.4 Å². The lowest BCUT2D eigenvalue weighted by molar-refractivity contribution is -0.0494. The summed E-state index contributed by atoms with van der Waals surface area (Å²) in [7, 11) is -3.30. The minimum atomic E-state index is -3.30. The molecule has 5 rings (SSSR count). The number of aromatic amines is 1. The van der Waals surface area contributed by atoms with Crippen LogP contribution in [-0.4, -0.2) is 37.3 Å². The van der Waals surface area contributed by atoms with Crippen LogP contribution in [0.15, 0.2) is 65.6 Å². The van der Waals surface area contributed by atoms with Gasteiger partial charge in [-0.15, -0.1) is 0 Å². The van der Waals surface area contributed by atoms with E-state index in [2.05, 4.69) is 9.72 Å². The molecule has 3 N–H and O–H groups in total. The first-order valence-electron chi connectivity index (χ1n) is 12.0. The molecule has 1 heterocycles. The first-order chi connectivity index (χ1) is 17.7. The molecule has 0 aliphatic heterocycles. The smallest absolute Gasteiger partial charge is 0.387 e. The third-order valence-electron chi connectivity index (χ3n) is 6.56. The van der Waals surface area contributed by atoms with Crippen molar-refractivity contribution in [3.8, 4) is 16.9 Å². The fourth-order valence-electron chi connectivity index (χ4n) is 4.54. The van der Waals surface area contributed by atoms with Crippen molar-refractivity contribution >= 4 is 32.5 Å². The van der Waals surface area contributed by atoms with Crippen LogP contribution in [0.4, 0.5) is 8.78 Å². The van der Waals surface area contributed by atoms with E-state index >= 15 is 0 Å². The molecule has 1 aromatic heterocycles. The van der Waals surface area contributed by atoms with Crippen molar-refractivity contribution < 1.29 is 21.9 Å². The number of rotatable bonds is 10. The van der Waals surface area contributed by atoms with E-state index in [1.807, 2.05) is 12.1 Å². The van der Waals surface area contributed by atoms with Crippen LogP contribution in [0.1, 0.15) is 36.6 Å². The molecule has 0 bridgehead atoms. The van der Waals surface area contributed by atoms with E-state index in [0.717, 1.165) is 18.4 Å². The summed E-state index contributed by atoms with van der Waals surface area (Å²) in [6.07, 6.45) is 2.52. The molecule has 1 fully saturated rings. The van der Waals surface area contributed by atoms with Crippen LogP contribution in [-0.2, 0) is 9.84 Å². The Labute approximate surface area is 218 Å². The first-order valence-corrected chi connectivity index (χ1v) is 14.0. The van der Waals surface area contributed by atoms with Crippen molar-refractivity contribution in [3.05, 3.63) is 77.1 Å². The molecule has 6 nitrogen and oxygen atoms in total. The highest BCUT2D eigenvalue weighted by Crippen LogP contribution is 2.38. The summed E-state index contributed by atoms with van der Waals surface area (Å²) < 4.78 is 55.8. The summed E-state index contributed by atoms with van der Waals surface area (Å²) in [6.45, 7) is -2.57. The highest BCUT2D eigenvalue weighted by molar-refractivity contribution is 7.91. The molecule has 10 heteroatoms. The number of alkyl halides is 2. The van der Waals surface area contributed by atoms with Crippen molar-refractivity contribution in [1.82, 2.24) is 9.97 Å². The third-order valence-corrected chi connectivity index (χ3v) is 8.77. The fourth-order valence-corrected chi connectivity index (χ4v) is 6.50. The first kappa shape index (κ1) is 25.6. The number of para-hydroxylation sites is 1. The molecule has 0 unspecified atom stereocenters. The number of halogens is 3. The van der Waals surface area contributed by atoms with Crippen LogP contribution in [0.25, 0.3) is 22.2 Å². The maximum Gasteiger partial charge on any atom is 0.387 e. The predicted octanol–water partition coefficient (Wildman–Crippen LogP) is 6.15. The summed E-state index contributed by atoms with van der Waals surface area (Å²) in [5.41, 5.74) is 9.03. The summed E-state index contributed by atoms with van der Waals surface area (Å²) in [5, 5.41) is 0.355. The zero-order valence-electron chi connectivity index (χ0n) is 19.8. The molecule has 0 radical (unpaired) electrons. The Bertz CT molecular complexity index is 1520. The summed E-state index contributed by atoms with van der Waals surface area (Å²) in [5.74, 6) is 0.938. The molecule has 3 aromatic carbocycles. The van der Waals surface area contributed by atoms with Gasteiger partial charge in [-0.05, 0) is 67.6 Å². The van der Waals surface area contributed by atoms with Gasteiger partial charge in [-0.1, -0.05) is 41.9 Å². The second-order valence-corrected chi connectivity index (χ2v) is 11.7. The average Bonchev–Trinajstić information content (AvgIpc) is 3.57. The van der Waals surface area contributed by atoms with Crippen molar-refractivity contribution in [2.75, 3.05) is 12.3 Å². The Hall–Kier alpha value is -3.01. The quantitative estimate of drug-likeness (QED) is 0.249. The van der Waals surface area contributed by atoms with Crippen molar-refractivity contribution in [2.45, 2.75) is 36.7 Å². The highest BCUT2D eigenvalue weighted by Gasteiger charge is 2.29. The Morgan fingerprint density at radius 3 is 2.49 bits per heavy atom. The Balaban J connectivity index is 1.49. The van der Waals surface area contributed by atoms with Gasteiger partial charge in [0.1, 0.15) is 11.6 Å². The lowest BCUT2D eigenvalue weighted by Crippen LogP contribution is -2.11. The van der Waals surface area contributed by atoms with Gasteiger partial charge in [-0.3, -0.25) is 0 Å².